The van der Waals surface area contributed by atoms with Gasteiger partial charge in [-0.2, -0.15) is 5.10 Å². The smallest absolute Gasteiger partial charge is 0.219 e. The Hall–Kier alpha value is -2.89. The minimum atomic E-state index is 0.0560. The first-order valence-electron chi connectivity index (χ1n) is 8.58. The van der Waals surface area contributed by atoms with E-state index in [9.17, 15) is 4.79 Å². The third-order valence-electron chi connectivity index (χ3n) is 4.25. The molecule has 130 valence electrons. The van der Waals surface area contributed by atoms with Crippen molar-refractivity contribution in [2.75, 3.05) is 7.05 Å². The second-order valence-corrected chi connectivity index (χ2v) is 5.87. The summed E-state index contributed by atoms with van der Waals surface area (Å²) in [5.74, 6) is 0.975. The molecule has 3 aromatic rings. The van der Waals surface area contributed by atoms with Crippen molar-refractivity contribution >= 4 is 5.91 Å². The number of imidazole rings is 1. The van der Waals surface area contributed by atoms with Gasteiger partial charge in [0.15, 0.2) is 0 Å². The molecule has 1 aromatic carbocycles. The number of hydrogen-bond donors (Lipinski definition) is 1. The number of nitrogens with zero attached hydrogens (tertiary/aromatic N) is 4. The largest absolute Gasteiger partial charge is 0.359 e. The van der Waals surface area contributed by atoms with Crippen LogP contribution in [-0.4, -0.2) is 32.3 Å². The number of rotatable bonds is 7. The Balaban J connectivity index is 1.80. The Kier molecular flexibility index (Phi) is 5.28. The number of nitrogens with one attached hydrogen (secondary N) is 1. The van der Waals surface area contributed by atoms with Crippen LogP contribution < -0.4 is 5.32 Å². The van der Waals surface area contributed by atoms with Crippen LogP contribution in [0.4, 0.5) is 0 Å². The molecule has 0 aliphatic heterocycles. The molecule has 0 unspecified atom stereocenters. The second kappa shape index (κ2) is 7.79. The van der Waals surface area contributed by atoms with Crippen LogP contribution in [0, 0.1) is 0 Å². The molecule has 0 bridgehead atoms. The molecule has 0 radical (unpaired) electrons. The molecule has 0 fully saturated rings. The topological polar surface area (TPSA) is 64.7 Å². The standard InChI is InChI=1S/C19H23N5O/c1-3-15-7-4-5-8-17(15)19-21-10-12-24(19)16-13-22-23(14-16)11-6-9-18(25)20-2/h4-5,7-8,10,12-14H,3,6,9,11H2,1-2H3,(H,20,25). The molecule has 1 N–H and O–H groups in total. The second-order valence-electron chi connectivity index (χ2n) is 5.87. The molecule has 0 saturated heterocycles. The van der Waals surface area contributed by atoms with E-state index in [-0.39, 0.29) is 5.91 Å². The van der Waals surface area contributed by atoms with Crippen molar-refractivity contribution in [2.45, 2.75) is 32.7 Å². The third kappa shape index (κ3) is 3.79. The number of aryl methyl sites for hydroxylation is 2. The van der Waals surface area contributed by atoms with E-state index in [0.29, 0.717) is 13.0 Å². The van der Waals surface area contributed by atoms with E-state index >= 15 is 0 Å². The fraction of sp³-hybridized carbons (Fsp3) is 0.316. The first kappa shape index (κ1) is 17.0. The Labute approximate surface area is 147 Å². The zero-order chi connectivity index (χ0) is 17.6. The van der Waals surface area contributed by atoms with Gasteiger partial charge in [-0.3, -0.25) is 14.0 Å². The zero-order valence-corrected chi connectivity index (χ0v) is 14.6. The van der Waals surface area contributed by atoms with Gasteiger partial charge in [0.05, 0.1) is 11.9 Å². The number of carbonyl (C=O) groups excluding carboxylic acids is 1. The maximum atomic E-state index is 11.3. The third-order valence-corrected chi connectivity index (χ3v) is 4.25. The average molecular weight is 337 g/mol. The van der Waals surface area contributed by atoms with Crippen molar-refractivity contribution in [3.05, 3.63) is 54.6 Å². The average Bonchev–Trinajstić information content (AvgIpc) is 3.30. The molecule has 6 nitrogen and oxygen atoms in total. The van der Waals surface area contributed by atoms with Gasteiger partial charge in [0, 0.05) is 44.2 Å². The van der Waals surface area contributed by atoms with Crippen LogP contribution in [0.1, 0.15) is 25.3 Å². The van der Waals surface area contributed by atoms with E-state index in [2.05, 4.69) is 45.1 Å². The lowest BCUT2D eigenvalue weighted by Crippen LogP contribution is -2.17. The van der Waals surface area contributed by atoms with Crippen molar-refractivity contribution in [3.8, 4) is 17.1 Å². The monoisotopic (exact) mass is 337 g/mol. The summed E-state index contributed by atoms with van der Waals surface area (Å²) in [7, 11) is 1.66. The van der Waals surface area contributed by atoms with E-state index in [1.165, 1.54) is 5.56 Å². The van der Waals surface area contributed by atoms with Gasteiger partial charge in [0.25, 0.3) is 0 Å². The van der Waals surface area contributed by atoms with Crippen LogP contribution in [0.25, 0.3) is 17.1 Å². The molecule has 2 heterocycles. The van der Waals surface area contributed by atoms with E-state index in [1.807, 2.05) is 35.5 Å². The fourth-order valence-corrected chi connectivity index (χ4v) is 2.88. The summed E-state index contributed by atoms with van der Waals surface area (Å²) in [6.45, 7) is 2.86. The highest BCUT2D eigenvalue weighted by Crippen LogP contribution is 2.25. The van der Waals surface area contributed by atoms with Crippen molar-refractivity contribution in [3.63, 3.8) is 0 Å². The first-order valence-corrected chi connectivity index (χ1v) is 8.58. The SMILES string of the molecule is CCc1ccccc1-c1nccn1-c1cnn(CCCC(=O)NC)c1. The number of benzene rings is 1. The summed E-state index contributed by atoms with van der Waals surface area (Å²) in [6.07, 6.45) is 9.81. The van der Waals surface area contributed by atoms with Crippen molar-refractivity contribution in [1.29, 1.82) is 0 Å². The zero-order valence-electron chi connectivity index (χ0n) is 14.6. The van der Waals surface area contributed by atoms with E-state index < -0.39 is 0 Å². The minimum absolute atomic E-state index is 0.0560. The van der Waals surface area contributed by atoms with Crippen LogP contribution in [0.15, 0.2) is 49.1 Å². The summed E-state index contributed by atoms with van der Waals surface area (Å²) in [5.41, 5.74) is 3.38. The molecule has 2 aromatic heterocycles. The quantitative estimate of drug-likeness (QED) is 0.721. The molecule has 0 spiro atoms. The molecule has 3 rings (SSSR count). The number of amides is 1. The van der Waals surface area contributed by atoms with Gasteiger partial charge < -0.3 is 5.32 Å². The van der Waals surface area contributed by atoms with E-state index in [1.54, 1.807) is 7.05 Å². The Morgan fingerprint density at radius 1 is 1.28 bits per heavy atom. The van der Waals surface area contributed by atoms with Crippen LogP contribution in [0.3, 0.4) is 0 Å². The molecule has 0 saturated carbocycles. The maximum Gasteiger partial charge on any atom is 0.219 e. The normalized spacial score (nSPS) is 10.8. The van der Waals surface area contributed by atoms with Crippen LogP contribution in [0.5, 0.6) is 0 Å². The van der Waals surface area contributed by atoms with Gasteiger partial charge in [-0.1, -0.05) is 31.2 Å². The number of carbonyl (C=O) groups is 1. The fourth-order valence-electron chi connectivity index (χ4n) is 2.88. The van der Waals surface area contributed by atoms with Crippen molar-refractivity contribution in [1.82, 2.24) is 24.6 Å². The highest BCUT2D eigenvalue weighted by Gasteiger charge is 2.12. The summed E-state index contributed by atoms with van der Waals surface area (Å²) in [4.78, 5) is 15.9. The molecular formula is C19H23N5O. The van der Waals surface area contributed by atoms with Crippen LogP contribution in [-0.2, 0) is 17.8 Å². The first-order chi connectivity index (χ1) is 12.2. The lowest BCUT2D eigenvalue weighted by Gasteiger charge is -2.09. The van der Waals surface area contributed by atoms with Gasteiger partial charge in [-0.15, -0.1) is 0 Å². The molecular weight excluding hydrogens is 314 g/mol. The highest BCUT2D eigenvalue weighted by molar-refractivity contribution is 5.75. The number of hydrogen-bond acceptors (Lipinski definition) is 3. The Morgan fingerprint density at radius 2 is 2.12 bits per heavy atom. The van der Waals surface area contributed by atoms with Crippen LogP contribution >= 0.6 is 0 Å². The van der Waals surface area contributed by atoms with Gasteiger partial charge in [0.2, 0.25) is 5.91 Å². The van der Waals surface area contributed by atoms with Crippen molar-refractivity contribution in [2.24, 2.45) is 0 Å². The van der Waals surface area contributed by atoms with E-state index in [0.717, 1.165) is 29.9 Å². The van der Waals surface area contributed by atoms with E-state index in [4.69, 9.17) is 0 Å². The van der Waals surface area contributed by atoms with Gasteiger partial charge in [0.1, 0.15) is 5.82 Å². The summed E-state index contributed by atoms with van der Waals surface area (Å²) in [6, 6.07) is 8.33. The minimum Gasteiger partial charge on any atom is -0.359 e. The lowest BCUT2D eigenvalue weighted by atomic mass is 10.0. The summed E-state index contributed by atoms with van der Waals surface area (Å²) < 4.78 is 3.92. The predicted octanol–water partition coefficient (Wildman–Crippen LogP) is 2.82. The maximum absolute atomic E-state index is 11.3. The Bertz CT molecular complexity index is 849. The lowest BCUT2D eigenvalue weighted by molar-refractivity contribution is -0.120. The molecule has 6 heteroatoms. The van der Waals surface area contributed by atoms with Crippen LogP contribution in [0.2, 0.25) is 0 Å². The van der Waals surface area contributed by atoms with Gasteiger partial charge in [-0.25, -0.2) is 4.98 Å². The molecule has 1 amide bonds. The van der Waals surface area contributed by atoms with Gasteiger partial charge in [-0.05, 0) is 18.4 Å². The Morgan fingerprint density at radius 3 is 2.92 bits per heavy atom. The molecule has 0 aliphatic carbocycles. The predicted molar refractivity (Wildman–Crippen MR) is 97.5 cm³/mol. The summed E-state index contributed by atoms with van der Waals surface area (Å²) in [5, 5.41) is 7.04. The molecule has 25 heavy (non-hydrogen) atoms. The molecule has 0 aliphatic rings. The highest BCUT2D eigenvalue weighted by atomic mass is 16.1. The van der Waals surface area contributed by atoms with Crippen molar-refractivity contribution < 1.29 is 4.79 Å². The molecule has 0 atom stereocenters. The summed E-state index contributed by atoms with van der Waals surface area (Å²) >= 11 is 0. The van der Waals surface area contributed by atoms with Gasteiger partial charge >= 0.3 is 0 Å². The number of aromatic nitrogens is 4.